The number of nitrogens with one attached hydrogen (secondary N) is 1. The van der Waals surface area contributed by atoms with E-state index < -0.39 is 16.1 Å². The molecule has 3 aromatic carbocycles. The molecule has 27 heavy (non-hydrogen) atoms. The minimum Gasteiger partial charge on any atom is -0.497 e. The molecule has 0 heterocycles. The summed E-state index contributed by atoms with van der Waals surface area (Å²) < 4.78 is 34.0. The fourth-order valence-electron chi connectivity index (χ4n) is 2.75. The van der Waals surface area contributed by atoms with Crippen molar-refractivity contribution in [3.05, 3.63) is 94.5 Å². The van der Waals surface area contributed by atoms with Crippen LogP contribution in [0.4, 0.5) is 0 Å². The Morgan fingerprint density at radius 1 is 0.926 bits per heavy atom. The minimum atomic E-state index is -3.73. The van der Waals surface area contributed by atoms with Crippen molar-refractivity contribution in [3.63, 3.8) is 0 Å². The summed E-state index contributed by atoms with van der Waals surface area (Å²) >= 11 is 6.00. The number of hydrogen-bond donors (Lipinski definition) is 1. The fourth-order valence-corrected chi connectivity index (χ4v) is 4.08. The molecular weight excluding hydrogens is 382 g/mol. The van der Waals surface area contributed by atoms with Crippen molar-refractivity contribution < 1.29 is 13.2 Å². The standard InChI is InChI=1S/C21H20ClNO3S/c1-15-6-12-20(13-7-15)27(24,25)23-21(16-8-10-18(22)11-9-16)17-4-3-5-19(14-17)26-2/h3-14,21,23H,1-2H3/t21-/m0/s1. The van der Waals surface area contributed by atoms with Crippen LogP contribution in [0.3, 0.4) is 0 Å². The number of ether oxygens (including phenoxy) is 1. The molecule has 0 spiro atoms. The van der Waals surface area contributed by atoms with Gasteiger partial charge < -0.3 is 4.74 Å². The third kappa shape index (κ3) is 4.69. The first-order valence-electron chi connectivity index (χ1n) is 8.37. The van der Waals surface area contributed by atoms with Crippen LogP contribution in [-0.2, 0) is 10.0 Å². The average molecular weight is 402 g/mol. The Morgan fingerprint density at radius 3 is 2.22 bits per heavy atom. The Labute approximate surface area is 164 Å². The van der Waals surface area contributed by atoms with Crippen molar-refractivity contribution in [2.75, 3.05) is 7.11 Å². The van der Waals surface area contributed by atoms with E-state index >= 15 is 0 Å². The van der Waals surface area contributed by atoms with Gasteiger partial charge in [0.15, 0.2) is 0 Å². The molecule has 6 heteroatoms. The molecule has 0 unspecified atom stereocenters. The molecule has 0 amide bonds. The monoisotopic (exact) mass is 401 g/mol. The van der Waals surface area contributed by atoms with Gasteiger partial charge in [-0.2, -0.15) is 4.72 Å². The summed E-state index contributed by atoms with van der Waals surface area (Å²) in [6, 6.07) is 20.6. The topological polar surface area (TPSA) is 55.4 Å². The first-order valence-corrected chi connectivity index (χ1v) is 10.2. The van der Waals surface area contributed by atoms with Gasteiger partial charge in [-0.15, -0.1) is 0 Å². The molecule has 0 aliphatic carbocycles. The summed E-state index contributed by atoms with van der Waals surface area (Å²) in [5.41, 5.74) is 2.55. The quantitative estimate of drug-likeness (QED) is 0.649. The molecule has 0 bridgehead atoms. The van der Waals surface area contributed by atoms with Gasteiger partial charge in [-0.3, -0.25) is 0 Å². The predicted octanol–water partition coefficient (Wildman–Crippen LogP) is 4.72. The van der Waals surface area contributed by atoms with Crippen LogP contribution in [0.1, 0.15) is 22.7 Å². The number of aryl methyl sites for hydroxylation is 1. The predicted molar refractivity (Wildman–Crippen MR) is 108 cm³/mol. The number of hydrogen-bond acceptors (Lipinski definition) is 3. The molecule has 0 aliphatic heterocycles. The first kappa shape index (κ1) is 19.4. The number of methoxy groups -OCH3 is 1. The van der Waals surface area contributed by atoms with E-state index in [2.05, 4.69) is 4.72 Å². The van der Waals surface area contributed by atoms with Crippen LogP contribution in [0, 0.1) is 6.92 Å². The molecular formula is C21H20ClNO3S. The summed E-state index contributed by atoms with van der Waals surface area (Å²) in [5.74, 6) is 0.654. The smallest absolute Gasteiger partial charge is 0.241 e. The van der Waals surface area contributed by atoms with Crippen molar-refractivity contribution >= 4 is 21.6 Å². The van der Waals surface area contributed by atoms with Crippen molar-refractivity contribution in [1.29, 1.82) is 0 Å². The van der Waals surface area contributed by atoms with Gasteiger partial charge in [0.25, 0.3) is 0 Å². The number of rotatable bonds is 6. The molecule has 4 nitrogen and oxygen atoms in total. The molecule has 3 aromatic rings. The normalized spacial score (nSPS) is 12.6. The van der Waals surface area contributed by atoms with Crippen molar-refractivity contribution in [2.45, 2.75) is 17.9 Å². The van der Waals surface area contributed by atoms with Crippen LogP contribution < -0.4 is 9.46 Å². The van der Waals surface area contributed by atoms with Gasteiger partial charge in [0.1, 0.15) is 5.75 Å². The zero-order chi connectivity index (χ0) is 19.4. The van der Waals surface area contributed by atoms with Crippen LogP contribution in [0.5, 0.6) is 5.75 Å². The van der Waals surface area contributed by atoms with E-state index in [1.54, 1.807) is 43.5 Å². The van der Waals surface area contributed by atoms with E-state index in [0.717, 1.165) is 16.7 Å². The maximum Gasteiger partial charge on any atom is 0.241 e. The molecule has 140 valence electrons. The van der Waals surface area contributed by atoms with Crippen molar-refractivity contribution in [1.82, 2.24) is 4.72 Å². The van der Waals surface area contributed by atoms with Crippen LogP contribution in [0.2, 0.25) is 5.02 Å². The number of sulfonamides is 1. The van der Waals surface area contributed by atoms with Gasteiger partial charge >= 0.3 is 0 Å². The lowest BCUT2D eigenvalue weighted by Crippen LogP contribution is -2.29. The Morgan fingerprint density at radius 2 is 1.59 bits per heavy atom. The van der Waals surface area contributed by atoms with E-state index in [9.17, 15) is 8.42 Å². The van der Waals surface area contributed by atoms with E-state index in [0.29, 0.717) is 10.8 Å². The average Bonchev–Trinajstić information content (AvgIpc) is 2.67. The summed E-state index contributed by atoms with van der Waals surface area (Å²) in [6.07, 6.45) is 0. The third-order valence-corrected chi connectivity index (χ3v) is 5.93. The molecule has 0 saturated carbocycles. The van der Waals surface area contributed by atoms with Gasteiger partial charge in [0.2, 0.25) is 10.0 Å². The van der Waals surface area contributed by atoms with Crippen LogP contribution >= 0.6 is 11.6 Å². The van der Waals surface area contributed by atoms with Gasteiger partial charge in [-0.25, -0.2) is 8.42 Å². The number of benzene rings is 3. The SMILES string of the molecule is COc1cccc([C@@H](NS(=O)(=O)c2ccc(C)cc2)c2ccc(Cl)cc2)c1. The van der Waals surface area contributed by atoms with E-state index in [1.807, 2.05) is 43.3 Å². The fraction of sp³-hybridized carbons (Fsp3) is 0.143. The Balaban J connectivity index is 2.03. The van der Waals surface area contributed by atoms with Crippen molar-refractivity contribution in [3.8, 4) is 5.75 Å². The van der Waals surface area contributed by atoms with Gasteiger partial charge in [-0.05, 0) is 54.4 Å². The molecule has 0 aliphatic rings. The first-order chi connectivity index (χ1) is 12.9. The summed E-state index contributed by atoms with van der Waals surface area (Å²) in [5, 5.41) is 0.588. The maximum atomic E-state index is 13.0. The second-order valence-electron chi connectivity index (χ2n) is 6.20. The summed E-state index contributed by atoms with van der Waals surface area (Å²) in [6.45, 7) is 1.91. The van der Waals surface area contributed by atoms with Crippen LogP contribution in [0.25, 0.3) is 0 Å². The zero-order valence-electron chi connectivity index (χ0n) is 15.0. The molecule has 3 rings (SSSR count). The third-order valence-electron chi connectivity index (χ3n) is 4.23. The van der Waals surface area contributed by atoms with Crippen LogP contribution in [0.15, 0.2) is 77.7 Å². The minimum absolute atomic E-state index is 0.218. The van der Waals surface area contributed by atoms with E-state index in [-0.39, 0.29) is 4.90 Å². The second-order valence-corrected chi connectivity index (χ2v) is 8.35. The molecule has 0 fully saturated rings. The summed E-state index contributed by atoms with van der Waals surface area (Å²) in [7, 11) is -2.15. The second kappa shape index (κ2) is 8.13. The molecule has 0 radical (unpaired) electrons. The Bertz CT molecular complexity index is 1020. The van der Waals surface area contributed by atoms with Gasteiger partial charge in [0, 0.05) is 5.02 Å². The maximum absolute atomic E-state index is 13.0. The largest absolute Gasteiger partial charge is 0.497 e. The number of halogens is 1. The molecule has 1 N–H and O–H groups in total. The molecule has 0 saturated heterocycles. The Kier molecular flexibility index (Phi) is 5.85. The highest BCUT2D eigenvalue weighted by atomic mass is 35.5. The van der Waals surface area contributed by atoms with Crippen molar-refractivity contribution in [2.24, 2.45) is 0 Å². The highest BCUT2D eigenvalue weighted by Gasteiger charge is 2.23. The Hall–Kier alpha value is -2.34. The van der Waals surface area contributed by atoms with Gasteiger partial charge in [0.05, 0.1) is 18.0 Å². The molecule has 0 aromatic heterocycles. The van der Waals surface area contributed by atoms with Gasteiger partial charge in [-0.1, -0.05) is 53.6 Å². The zero-order valence-corrected chi connectivity index (χ0v) is 16.6. The lowest BCUT2D eigenvalue weighted by molar-refractivity contribution is 0.414. The highest BCUT2D eigenvalue weighted by Crippen LogP contribution is 2.28. The highest BCUT2D eigenvalue weighted by molar-refractivity contribution is 7.89. The van der Waals surface area contributed by atoms with E-state index in [4.69, 9.17) is 16.3 Å². The lowest BCUT2D eigenvalue weighted by Gasteiger charge is -2.20. The molecule has 1 atom stereocenters. The lowest BCUT2D eigenvalue weighted by atomic mass is 9.99. The van der Waals surface area contributed by atoms with Crippen LogP contribution in [-0.4, -0.2) is 15.5 Å². The summed E-state index contributed by atoms with van der Waals surface area (Å²) in [4.78, 5) is 0.218. The van der Waals surface area contributed by atoms with E-state index in [1.165, 1.54) is 0 Å².